The van der Waals surface area contributed by atoms with E-state index in [-0.39, 0.29) is 22.6 Å². The molecule has 0 aliphatic rings. The van der Waals surface area contributed by atoms with Crippen LogP contribution in [0.3, 0.4) is 0 Å². The van der Waals surface area contributed by atoms with Crippen LogP contribution >= 0.6 is 0 Å². The van der Waals surface area contributed by atoms with Crippen molar-refractivity contribution in [3.8, 4) is 0 Å². The summed E-state index contributed by atoms with van der Waals surface area (Å²) in [6.45, 7) is 3.35. The zero-order chi connectivity index (χ0) is 24.3. The zero-order valence-electron chi connectivity index (χ0n) is 18.8. The number of rotatable bonds is 7. The van der Waals surface area contributed by atoms with Crippen molar-refractivity contribution in [2.24, 2.45) is 0 Å². The van der Waals surface area contributed by atoms with Crippen LogP contribution in [0.25, 0.3) is 10.8 Å². The van der Waals surface area contributed by atoms with Gasteiger partial charge in [-0.05, 0) is 66.6 Å². The van der Waals surface area contributed by atoms with Gasteiger partial charge < -0.3 is 5.32 Å². The molecule has 0 radical (unpaired) electrons. The molecule has 0 spiro atoms. The summed E-state index contributed by atoms with van der Waals surface area (Å²) in [5, 5.41) is 5.19. The van der Waals surface area contributed by atoms with Crippen molar-refractivity contribution in [1.82, 2.24) is 5.32 Å². The van der Waals surface area contributed by atoms with E-state index in [1.54, 1.807) is 24.3 Å². The van der Waals surface area contributed by atoms with Crippen molar-refractivity contribution in [3.05, 3.63) is 108 Å². The first-order valence-corrected chi connectivity index (χ1v) is 12.3. The van der Waals surface area contributed by atoms with Crippen LogP contribution in [-0.4, -0.2) is 20.1 Å². The summed E-state index contributed by atoms with van der Waals surface area (Å²) in [5.41, 5.74) is 2.20. The average Bonchev–Trinajstić information content (AvgIpc) is 2.84. The molecule has 0 aliphatic heterocycles. The van der Waals surface area contributed by atoms with E-state index in [2.05, 4.69) is 10.0 Å². The van der Waals surface area contributed by atoms with Gasteiger partial charge in [0.2, 0.25) is 0 Å². The lowest BCUT2D eigenvalue weighted by molar-refractivity contribution is 0.0939. The Kier molecular flexibility index (Phi) is 6.47. The lowest BCUT2D eigenvalue weighted by atomic mass is 9.99. The number of fused-ring (bicyclic) bond motifs is 1. The summed E-state index contributed by atoms with van der Waals surface area (Å²) in [4.78, 5) is 24.2. The van der Waals surface area contributed by atoms with E-state index in [9.17, 15) is 18.0 Å². The molecule has 4 rings (SSSR count). The quantitative estimate of drug-likeness (QED) is 0.356. The van der Waals surface area contributed by atoms with Crippen molar-refractivity contribution >= 4 is 38.2 Å². The van der Waals surface area contributed by atoms with Gasteiger partial charge in [0.05, 0.1) is 10.9 Å². The Labute approximate surface area is 198 Å². The molecule has 0 bridgehead atoms. The number of sulfonamides is 1. The molecule has 6 nitrogen and oxygen atoms in total. The van der Waals surface area contributed by atoms with Crippen molar-refractivity contribution < 1.29 is 18.0 Å². The Hall–Kier alpha value is -3.97. The third kappa shape index (κ3) is 5.00. The Morgan fingerprint density at radius 1 is 0.765 bits per heavy atom. The lowest BCUT2D eigenvalue weighted by Gasteiger charge is -2.17. The molecular weight excluding hydrogens is 448 g/mol. The minimum Gasteiger partial charge on any atom is -0.345 e. The molecule has 0 heterocycles. The molecule has 34 heavy (non-hydrogen) atoms. The maximum absolute atomic E-state index is 12.8. The summed E-state index contributed by atoms with van der Waals surface area (Å²) < 4.78 is 27.8. The molecule has 0 saturated heterocycles. The van der Waals surface area contributed by atoms with Crippen LogP contribution in [0.2, 0.25) is 0 Å². The molecule has 4 aromatic carbocycles. The molecule has 0 fully saturated rings. The number of ketones is 1. The van der Waals surface area contributed by atoms with Gasteiger partial charge in [-0.3, -0.25) is 14.3 Å². The molecule has 1 unspecified atom stereocenters. The zero-order valence-corrected chi connectivity index (χ0v) is 19.6. The summed E-state index contributed by atoms with van der Waals surface area (Å²) in [6.07, 6.45) is 0. The van der Waals surface area contributed by atoms with E-state index in [0.29, 0.717) is 16.8 Å². The number of benzene rings is 4. The molecular formula is C27H24N2O4S. The summed E-state index contributed by atoms with van der Waals surface area (Å²) in [6, 6.07) is 25.7. The minimum atomic E-state index is -3.83. The van der Waals surface area contributed by atoms with Gasteiger partial charge in [0.25, 0.3) is 15.9 Å². The Balaban J connectivity index is 1.45. The second kappa shape index (κ2) is 9.49. The molecule has 172 valence electrons. The fraction of sp³-hybridized carbons (Fsp3) is 0.111. The fourth-order valence-corrected chi connectivity index (χ4v) is 4.82. The molecule has 0 saturated carbocycles. The number of hydrogen-bond acceptors (Lipinski definition) is 4. The highest BCUT2D eigenvalue weighted by atomic mass is 32.2. The van der Waals surface area contributed by atoms with Crippen LogP contribution in [0.15, 0.2) is 95.9 Å². The predicted octanol–water partition coefficient (Wildman–Crippen LogP) is 5.33. The van der Waals surface area contributed by atoms with E-state index < -0.39 is 10.0 Å². The smallest absolute Gasteiger partial charge is 0.261 e. The predicted molar refractivity (Wildman–Crippen MR) is 134 cm³/mol. The van der Waals surface area contributed by atoms with Crippen LogP contribution in [-0.2, 0) is 10.0 Å². The van der Waals surface area contributed by atoms with Gasteiger partial charge in [-0.1, -0.05) is 54.6 Å². The highest BCUT2D eigenvalue weighted by Crippen LogP contribution is 2.24. The van der Waals surface area contributed by atoms with Gasteiger partial charge in [-0.15, -0.1) is 0 Å². The van der Waals surface area contributed by atoms with Crippen molar-refractivity contribution in [3.63, 3.8) is 0 Å². The van der Waals surface area contributed by atoms with Crippen LogP contribution < -0.4 is 10.0 Å². The number of hydrogen-bond donors (Lipinski definition) is 2. The van der Waals surface area contributed by atoms with Crippen molar-refractivity contribution in [2.75, 3.05) is 4.72 Å². The minimum absolute atomic E-state index is 0.0447. The van der Waals surface area contributed by atoms with Crippen LogP contribution in [0.4, 0.5) is 5.69 Å². The SMILES string of the molecule is CC(=O)c1ccc(S(=O)(=O)Nc2ccc(C(=O)NC(C)c3cccc4ccccc34)cc2)cc1. The molecule has 0 aromatic heterocycles. The Morgan fingerprint density at radius 2 is 1.38 bits per heavy atom. The van der Waals surface area contributed by atoms with Gasteiger partial charge in [-0.2, -0.15) is 0 Å². The number of nitrogens with one attached hydrogen (secondary N) is 2. The number of Topliss-reactive ketones (excluding diaryl/α,β-unsaturated/α-hetero) is 1. The highest BCUT2D eigenvalue weighted by molar-refractivity contribution is 7.92. The maximum Gasteiger partial charge on any atom is 0.261 e. The fourth-order valence-electron chi connectivity index (χ4n) is 3.76. The third-order valence-electron chi connectivity index (χ3n) is 5.61. The second-order valence-corrected chi connectivity index (χ2v) is 9.71. The Bertz CT molecular complexity index is 1460. The molecule has 2 N–H and O–H groups in total. The molecule has 1 amide bonds. The number of carbonyl (C=O) groups excluding carboxylic acids is 2. The van der Waals surface area contributed by atoms with Gasteiger partial charge in [0, 0.05) is 16.8 Å². The van der Waals surface area contributed by atoms with Crippen LogP contribution in [0, 0.1) is 0 Å². The van der Waals surface area contributed by atoms with E-state index >= 15 is 0 Å². The van der Waals surface area contributed by atoms with Crippen molar-refractivity contribution in [2.45, 2.75) is 24.8 Å². The summed E-state index contributed by atoms with van der Waals surface area (Å²) >= 11 is 0. The van der Waals surface area contributed by atoms with Gasteiger partial charge in [0.1, 0.15) is 0 Å². The van der Waals surface area contributed by atoms with E-state index in [4.69, 9.17) is 0 Å². The second-order valence-electron chi connectivity index (χ2n) is 8.03. The molecule has 7 heteroatoms. The topological polar surface area (TPSA) is 92.3 Å². The average molecular weight is 473 g/mol. The largest absolute Gasteiger partial charge is 0.345 e. The monoisotopic (exact) mass is 472 g/mol. The molecule has 0 aliphatic carbocycles. The van der Waals surface area contributed by atoms with Gasteiger partial charge in [-0.25, -0.2) is 8.42 Å². The molecule has 4 aromatic rings. The third-order valence-corrected chi connectivity index (χ3v) is 7.01. The standard InChI is InChI=1S/C27H24N2O4S/c1-18(25-9-5-7-21-6-3-4-8-26(21)25)28-27(31)22-10-14-23(15-11-22)29-34(32,33)24-16-12-20(13-17-24)19(2)30/h3-18,29H,1-2H3,(H,28,31). The van der Waals surface area contributed by atoms with Crippen LogP contribution in [0.1, 0.15) is 46.2 Å². The number of amides is 1. The first kappa shape index (κ1) is 23.2. The number of anilines is 1. The van der Waals surface area contributed by atoms with E-state index in [1.807, 2.05) is 49.4 Å². The van der Waals surface area contributed by atoms with Crippen LogP contribution in [0.5, 0.6) is 0 Å². The summed E-state index contributed by atoms with van der Waals surface area (Å²) in [7, 11) is -3.83. The molecule has 1 atom stereocenters. The summed E-state index contributed by atoms with van der Waals surface area (Å²) in [5.74, 6) is -0.393. The highest BCUT2D eigenvalue weighted by Gasteiger charge is 2.16. The van der Waals surface area contributed by atoms with Crippen molar-refractivity contribution in [1.29, 1.82) is 0 Å². The van der Waals surface area contributed by atoms with Gasteiger partial charge in [0.15, 0.2) is 5.78 Å². The Morgan fingerprint density at radius 3 is 2.06 bits per heavy atom. The first-order valence-electron chi connectivity index (χ1n) is 10.8. The normalized spacial score (nSPS) is 12.2. The lowest BCUT2D eigenvalue weighted by Crippen LogP contribution is -2.26. The van der Waals surface area contributed by atoms with E-state index in [0.717, 1.165) is 16.3 Å². The van der Waals surface area contributed by atoms with E-state index in [1.165, 1.54) is 31.2 Å². The number of carbonyl (C=O) groups is 2. The maximum atomic E-state index is 12.8. The van der Waals surface area contributed by atoms with Gasteiger partial charge >= 0.3 is 0 Å². The first-order chi connectivity index (χ1) is 16.2.